The number of thioether (sulfide) groups is 1. The zero-order valence-corrected chi connectivity index (χ0v) is 14.1. The van der Waals surface area contributed by atoms with Crippen LogP contribution in [0.4, 0.5) is 5.95 Å². The van der Waals surface area contributed by atoms with E-state index in [1.807, 2.05) is 24.4 Å². The number of carbonyl (C=O) groups excluding carboxylic acids is 1. The molecular weight excluding hydrogens is 320 g/mol. The van der Waals surface area contributed by atoms with E-state index in [1.54, 1.807) is 27.8 Å². The number of nitrogens with zero attached hydrogens (tertiary/aromatic N) is 3. The third-order valence-electron chi connectivity index (χ3n) is 3.32. The van der Waals surface area contributed by atoms with E-state index >= 15 is 0 Å². The molecule has 2 aromatic heterocycles. The van der Waals surface area contributed by atoms with Gasteiger partial charge >= 0.3 is 5.97 Å². The number of fused-ring (bicyclic) bond motifs is 1. The summed E-state index contributed by atoms with van der Waals surface area (Å²) in [6.07, 6.45) is 0. The number of ether oxygens (including phenoxy) is 1. The van der Waals surface area contributed by atoms with E-state index in [-0.39, 0.29) is 12.0 Å². The van der Waals surface area contributed by atoms with Gasteiger partial charge in [0.25, 0.3) is 0 Å². The number of hydrogen-bond donors (Lipinski definition) is 1. The van der Waals surface area contributed by atoms with Gasteiger partial charge in [0.05, 0.1) is 12.7 Å². The number of rotatable bonds is 4. The summed E-state index contributed by atoms with van der Waals surface area (Å²) in [5.41, 5.74) is 1.31. The van der Waals surface area contributed by atoms with Crippen LogP contribution in [-0.2, 0) is 9.53 Å². The van der Waals surface area contributed by atoms with Gasteiger partial charge in [0.1, 0.15) is 6.04 Å². The van der Waals surface area contributed by atoms with Gasteiger partial charge in [-0.15, -0.1) is 16.4 Å². The van der Waals surface area contributed by atoms with Gasteiger partial charge in [-0.2, -0.15) is 4.98 Å². The molecule has 0 amide bonds. The molecule has 116 valence electrons. The quantitative estimate of drug-likeness (QED) is 0.684. The minimum Gasteiger partial charge on any atom is -0.466 e. The summed E-state index contributed by atoms with van der Waals surface area (Å²) in [4.78, 5) is 17.8. The first kappa shape index (κ1) is 15.1. The van der Waals surface area contributed by atoms with E-state index in [9.17, 15) is 4.79 Å². The Morgan fingerprint density at radius 2 is 2.41 bits per heavy atom. The number of methoxy groups -OCH3 is 1. The fourth-order valence-electron chi connectivity index (χ4n) is 2.41. The van der Waals surface area contributed by atoms with Gasteiger partial charge in [0.15, 0.2) is 0 Å². The Morgan fingerprint density at radius 1 is 1.59 bits per heavy atom. The van der Waals surface area contributed by atoms with Crippen LogP contribution in [0.15, 0.2) is 33.9 Å². The minimum atomic E-state index is -0.353. The molecule has 2 aromatic rings. The van der Waals surface area contributed by atoms with Crippen LogP contribution in [0.2, 0.25) is 0 Å². The van der Waals surface area contributed by atoms with Crippen molar-refractivity contribution in [2.75, 3.05) is 18.2 Å². The molecule has 0 bridgehead atoms. The van der Waals surface area contributed by atoms with Crippen LogP contribution in [0.3, 0.4) is 0 Å². The smallest absolute Gasteiger partial charge is 0.338 e. The van der Waals surface area contributed by atoms with Crippen molar-refractivity contribution in [2.45, 2.75) is 25.0 Å². The third-order valence-corrected chi connectivity index (χ3v) is 4.97. The molecule has 0 aliphatic carbocycles. The number of hydrogen-bond acceptors (Lipinski definition) is 7. The van der Waals surface area contributed by atoms with Crippen molar-refractivity contribution < 1.29 is 9.53 Å². The van der Waals surface area contributed by atoms with Gasteiger partial charge in [-0.25, -0.2) is 9.48 Å². The Kier molecular flexibility index (Phi) is 4.21. The van der Waals surface area contributed by atoms with E-state index in [0.29, 0.717) is 16.7 Å². The van der Waals surface area contributed by atoms with Crippen LogP contribution in [0.1, 0.15) is 24.8 Å². The standard InChI is InChI=1S/C14H16N4O2S2/c1-4-21-14-16-13-15-8(2)10(12(19)20-3)11(18(13)17-14)9-6-5-7-22-9/h5-7,11H,4H2,1-3H3,(H,15,16,17). The lowest BCUT2D eigenvalue weighted by molar-refractivity contribution is -0.136. The highest BCUT2D eigenvalue weighted by Crippen LogP contribution is 2.38. The van der Waals surface area contributed by atoms with Gasteiger partial charge in [-0.1, -0.05) is 24.8 Å². The van der Waals surface area contributed by atoms with E-state index in [1.165, 1.54) is 7.11 Å². The molecule has 8 heteroatoms. The van der Waals surface area contributed by atoms with Gasteiger partial charge in [0.2, 0.25) is 11.1 Å². The summed E-state index contributed by atoms with van der Waals surface area (Å²) in [6, 6.07) is 3.65. The molecule has 0 radical (unpaired) electrons. The second-order valence-electron chi connectivity index (χ2n) is 4.67. The molecule has 22 heavy (non-hydrogen) atoms. The lowest BCUT2D eigenvalue weighted by Gasteiger charge is -2.26. The number of nitrogens with one attached hydrogen (secondary N) is 1. The molecule has 0 fully saturated rings. The van der Waals surface area contributed by atoms with Crippen molar-refractivity contribution in [3.63, 3.8) is 0 Å². The lowest BCUT2D eigenvalue weighted by Crippen LogP contribution is -2.28. The highest BCUT2D eigenvalue weighted by molar-refractivity contribution is 7.99. The van der Waals surface area contributed by atoms with Crippen molar-refractivity contribution in [1.82, 2.24) is 14.8 Å². The van der Waals surface area contributed by atoms with E-state index in [4.69, 9.17) is 4.74 Å². The second kappa shape index (κ2) is 6.13. The van der Waals surface area contributed by atoms with Crippen LogP contribution in [0, 0.1) is 0 Å². The third kappa shape index (κ3) is 2.52. The molecule has 1 unspecified atom stereocenters. The summed E-state index contributed by atoms with van der Waals surface area (Å²) in [5, 5.41) is 10.4. The van der Waals surface area contributed by atoms with Crippen LogP contribution < -0.4 is 5.32 Å². The molecular formula is C14H16N4O2S2. The fraction of sp³-hybridized carbons (Fsp3) is 0.357. The second-order valence-corrected chi connectivity index (χ2v) is 6.88. The topological polar surface area (TPSA) is 69.0 Å². The SMILES string of the molecule is CCSc1nc2n(n1)C(c1cccs1)C(C(=O)OC)=C(C)N2. The molecule has 3 rings (SSSR count). The monoisotopic (exact) mass is 336 g/mol. The number of esters is 1. The Labute approximate surface area is 136 Å². The summed E-state index contributed by atoms with van der Waals surface area (Å²) < 4.78 is 6.73. The maximum Gasteiger partial charge on any atom is 0.338 e. The average Bonchev–Trinajstić information content (AvgIpc) is 3.14. The van der Waals surface area contributed by atoms with E-state index < -0.39 is 0 Å². The number of aromatic nitrogens is 3. The molecule has 0 spiro atoms. The molecule has 1 atom stereocenters. The number of thiophene rings is 1. The highest BCUT2D eigenvalue weighted by Gasteiger charge is 2.35. The zero-order valence-electron chi connectivity index (χ0n) is 12.5. The van der Waals surface area contributed by atoms with Gasteiger partial charge in [0, 0.05) is 10.6 Å². The summed E-state index contributed by atoms with van der Waals surface area (Å²) >= 11 is 3.15. The van der Waals surface area contributed by atoms with Gasteiger partial charge in [-0.05, 0) is 24.1 Å². The molecule has 1 N–H and O–H groups in total. The van der Waals surface area contributed by atoms with Crippen LogP contribution in [-0.4, -0.2) is 33.6 Å². The predicted molar refractivity (Wildman–Crippen MR) is 87.2 cm³/mol. The molecule has 0 saturated heterocycles. The van der Waals surface area contributed by atoms with E-state index in [2.05, 4.69) is 22.3 Å². The summed E-state index contributed by atoms with van der Waals surface area (Å²) in [5.74, 6) is 1.19. The Hall–Kier alpha value is -1.80. The molecule has 0 aromatic carbocycles. The van der Waals surface area contributed by atoms with Gasteiger partial charge < -0.3 is 10.1 Å². The Morgan fingerprint density at radius 3 is 3.05 bits per heavy atom. The fourth-order valence-corrected chi connectivity index (χ4v) is 3.78. The normalized spacial score (nSPS) is 17.1. The first-order chi connectivity index (χ1) is 10.7. The zero-order chi connectivity index (χ0) is 15.7. The number of carbonyl (C=O) groups is 1. The molecule has 1 aliphatic rings. The maximum atomic E-state index is 12.2. The maximum absolute atomic E-state index is 12.2. The largest absolute Gasteiger partial charge is 0.466 e. The number of allylic oxidation sites excluding steroid dienone is 1. The van der Waals surface area contributed by atoms with Crippen LogP contribution in [0.25, 0.3) is 0 Å². The summed E-state index contributed by atoms with van der Waals surface area (Å²) in [7, 11) is 1.39. The van der Waals surface area contributed by atoms with Gasteiger partial charge in [-0.3, -0.25) is 0 Å². The van der Waals surface area contributed by atoms with Crippen LogP contribution in [0.5, 0.6) is 0 Å². The first-order valence-corrected chi connectivity index (χ1v) is 8.71. The van der Waals surface area contributed by atoms with E-state index in [0.717, 1.165) is 16.3 Å². The van der Waals surface area contributed by atoms with Crippen molar-refractivity contribution >= 4 is 35.0 Å². The van der Waals surface area contributed by atoms with Crippen molar-refractivity contribution in [3.8, 4) is 0 Å². The molecule has 0 saturated carbocycles. The first-order valence-electron chi connectivity index (χ1n) is 6.84. The van der Waals surface area contributed by atoms with Crippen molar-refractivity contribution in [3.05, 3.63) is 33.7 Å². The Bertz CT molecular complexity index is 721. The van der Waals surface area contributed by atoms with Crippen molar-refractivity contribution in [1.29, 1.82) is 0 Å². The summed E-state index contributed by atoms with van der Waals surface area (Å²) in [6.45, 7) is 3.91. The highest BCUT2D eigenvalue weighted by atomic mass is 32.2. The lowest BCUT2D eigenvalue weighted by atomic mass is 10.0. The predicted octanol–water partition coefficient (Wildman–Crippen LogP) is 2.91. The average molecular weight is 336 g/mol. The van der Waals surface area contributed by atoms with Crippen LogP contribution >= 0.6 is 23.1 Å². The molecule has 1 aliphatic heterocycles. The molecule has 6 nitrogen and oxygen atoms in total. The number of anilines is 1. The minimum absolute atomic E-state index is 0.303. The molecule has 3 heterocycles. The van der Waals surface area contributed by atoms with Crippen molar-refractivity contribution in [2.24, 2.45) is 0 Å². The Balaban J connectivity index is 2.13.